The molecule has 1 aliphatic rings. The molecule has 1 atom stereocenters. The van der Waals surface area contributed by atoms with Gasteiger partial charge in [0.25, 0.3) is 0 Å². The summed E-state index contributed by atoms with van der Waals surface area (Å²) in [7, 11) is -3.31. The Hall–Kier alpha value is -1.29. The lowest BCUT2D eigenvalue weighted by atomic mass is 10.1. The quantitative estimate of drug-likeness (QED) is 0.895. The van der Waals surface area contributed by atoms with E-state index in [1.165, 1.54) is 12.5 Å². The fourth-order valence-electron chi connectivity index (χ4n) is 2.43. The first kappa shape index (κ1) is 14.6. The van der Waals surface area contributed by atoms with Crippen molar-refractivity contribution in [3.63, 3.8) is 0 Å². The fraction of sp³-hybridized carbons (Fsp3) is 0.500. The first-order chi connectivity index (χ1) is 10.1. The fourth-order valence-corrected chi connectivity index (χ4v) is 3.88. The van der Waals surface area contributed by atoms with Crippen molar-refractivity contribution >= 4 is 21.2 Å². The van der Waals surface area contributed by atoms with Crippen molar-refractivity contribution in [3.05, 3.63) is 28.5 Å². The average Bonchev–Trinajstić information content (AvgIpc) is 3.08. The summed E-state index contributed by atoms with van der Waals surface area (Å²) in [5.74, 6) is 0. The van der Waals surface area contributed by atoms with E-state index in [2.05, 4.69) is 20.1 Å². The molecule has 1 unspecified atom stereocenters. The molecule has 0 saturated carbocycles. The molecule has 1 fully saturated rings. The Balaban J connectivity index is 1.89. The van der Waals surface area contributed by atoms with E-state index in [0.29, 0.717) is 18.9 Å². The molecule has 0 radical (unpaired) electrons. The highest BCUT2D eigenvalue weighted by Crippen LogP contribution is 2.29. The molecule has 0 bridgehead atoms. The Morgan fingerprint density at radius 3 is 3.10 bits per heavy atom. The summed E-state index contributed by atoms with van der Waals surface area (Å²) < 4.78 is 29.2. The Morgan fingerprint density at radius 1 is 1.52 bits per heavy atom. The summed E-state index contributed by atoms with van der Waals surface area (Å²) in [5, 5.41) is 6.73. The molecule has 3 heterocycles. The summed E-state index contributed by atoms with van der Waals surface area (Å²) in [4.78, 5) is 7.65. The van der Waals surface area contributed by atoms with Gasteiger partial charge in [0.1, 0.15) is 4.90 Å². The van der Waals surface area contributed by atoms with Crippen LogP contribution >= 0.6 is 11.3 Å². The van der Waals surface area contributed by atoms with Crippen LogP contribution < -0.4 is 0 Å². The standard InChI is InChI=1S/C12H16N4O3S2/c1-21(17,18)11-5-14-15-12(11)10-7-19-3-2-16(10)6-9-4-13-8-20-9/h4-5,8,10H,2-3,6-7H2,1H3,(H,14,15). The third kappa shape index (κ3) is 3.15. The average molecular weight is 328 g/mol. The van der Waals surface area contributed by atoms with Crippen LogP contribution in [0.2, 0.25) is 0 Å². The summed E-state index contributed by atoms with van der Waals surface area (Å²) in [5.41, 5.74) is 2.39. The molecule has 1 N–H and O–H groups in total. The van der Waals surface area contributed by atoms with E-state index in [1.807, 2.05) is 6.20 Å². The van der Waals surface area contributed by atoms with Crippen molar-refractivity contribution in [2.75, 3.05) is 26.0 Å². The van der Waals surface area contributed by atoms with Gasteiger partial charge in [0.2, 0.25) is 0 Å². The molecule has 114 valence electrons. The number of ether oxygens (including phenoxy) is 1. The van der Waals surface area contributed by atoms with Crippen LogP contribution in [0.1, 0.15) is 16.6 Å². The first-order valence-electron chi connectivity index (χ1n) is 6.48. The van der Waals surface area contributed by atoms with Gasteiger partial charge in [0, 0.05) is 30.4 Å². The predicted molar refractivity (Wildman–Crippen MR) is 77.8 cm³/mol. The summed E-state index contributed by atoms with van der Waals surface area (Å²) >= 11 is 1.59. The van der Waals surface area contributed by atoms with E-state index in [1.54, 1.807) is 16.8 Å². The number of morpholine rings is 1. The SMILES string of the molecule is CS(=O)(=O)c1cn[nH]c1C1COCCN1Cc1cncs1. The second kappa shape index (κ2) is 5.84. The van der Waals surface area contributed by atoms with Gasteiger partial charge in [-0.1, -0.05) is 0 Å². The minimum atomic E-state index is -3.31. The van der Waals surface area contributed by atoms with E-state index in [4.69, 9.17) is 4.74 Å². The van der Waals surface area contributed by atoms with Crippen LogP contribution in [0.3, 0.4) is 0 Å². The molecule has 21 heavy (non-hydrogen) atoms. The van der Waals surface area contributed by atoms with Crippen molar-refractivity contribution in [2.45, 2.75) is 17.5 Å². The van der Waals surface area contributed by atoms with Gasteiger partial charge in [0.05, 0.1) is 36.7 Å². The van der Waals surface area contributed by atoms with Gasteiger partial charge in [-0.25, -0.2) is 8.42 Å². The zero-order chi connectivity index (χ0) is 14.9. The van der Waals surface area contributed by atoms with Gasteiger partial charge in [-0.15, -0.1) is 11.3 Å². The molecule has 1 saturated heterocycles. The highest BCUT2D eigenvalue weighted by molar-refractivity contribution is 7.90. The van der Waals surface area contributed by atoms with Crippen molar-refractivity contribution in [1.82, 2.24) is 20.1 Å². The highest BCUT2D eigenvalue weighted by Gasteiger charge is 2.30. The van der Waals surface area contributed by atoms with Crippen LogP contribution in [-0.2, 0) is 21.1 Å². The summed E-state index contributed by atoms with van der Waals surface area (Å²) in [6.45, 7) is 2.55. The third-order valence-corrected chi connectivity index (χ3v) is 5.34. The maximum absolute atomic E-state index is 11.9. The van der Waals surface area contributed by atoms with E-state index >= 15 is 0 Å². The zero-order valence-electron chi connectivity index (χ0n) is 11.5. The molecule has 0 amide bonds. The number of nitrogens with zero attached hydrogens (tertiary/aromatic N) is 3. The first-order valence-corrected chi connectivity index (χ1v) is 9.25. The maximum atomic E-state index is 11.9. The van der Waals surface area contributed by atoms with Crippen LogP contribution in [0.4, 0.5) is 0 Å². The van der Waals surface area contributed by atoms with Crippen LogP contribution in [0.25, 0.3) is 0 Å². The molecule has 0 spiro atoms. The lowest BCUT2D eigenvalue weighted by Crippen LogP contribution is -2.39. The molecule has 7 nitrogen and oxygen atoms in total. The molecule has 1 aliphatic heterocycles. The second-order valence-electron chi connectivity index (χ2n) is 4.95. The highest BCUT2D eigenvalue weighted by atomic mass is 32.2. The molecular weight excluding hydrogens is 312 g/mol. The van der Waals surface area contributed by atoms with Crippen LogP contribution in [0.5, 0.6) is 0 Å². The Kier molecular flexibility index (Phi) is 4.07. The summed E-state index contributed by atoms with van der Waals surface area (Å²) in [6, 6.07) is -0.145. The zero-order valence-corrected chi connectivity index (χ0v) is 13.2. The largest absolute Gasteiger partial charge is 0.378 e. The number of aromatic nitrogens is 3. The van der Waals surface area contributed by atoms with Gasteiger partial charge in [-0.3, -0.25) is 15.0 Å². The number of aromatic amines is 1. The molecule has 0 aliphatic carbocycles. The number of hydrogen-bond donors (Lipinski definition) is 1. The van der Waals surface area contributed by atoms with Gasteiger partial charge >= 0.3 is 0 Å². The smallest absolute Gasteiger partial charge is 0.178 e. The number of nitrogens with one attached hydrogen (secondary N) is 1. The van der Waals surface area contributed by atoms with E-state index < -0.39 is 9.84 Å². The van der Waals surface area contributed by atoms with Gasteiger partial charge in [0.15, 0.2) is 9.84 Å². The number of hydrogen-bond acceptors (Lipinski definition) is 7. The molecule has 3 rings (SSSR count). The monoisotopic (exact) mass is 328 g/mol. The maximum Gasteiger partial charge on any atom is 0.178 e. The third-order valence-electron chi connectivity index (χ3n) is 3.45. The topological polar surface area (TPSA) is 88.2 Å². The van der Waals surface area contributed by atoms with Crippen molar-refractivity contribution < 1.29 is 13.2 Å². The number of sulfone groups is 1. The van der Waals surface area contributed by atoms with Gasteiger partial charge < -0.3 is 4.74 Å². The van der Waals surface area contributed by atoms with Crippen LogP contribution in [0.15, 0.2) is 22.8 Å². The Morgan fingerprint density at radius 2 is 2.38 bits per heavy atom. The molecular formula is C12H16N4O3S2. The Labute approximate surface area is 126 Å². The van der Waals surface area contributed by atoms with Gasteiger partial charge in [-0.05, 0) is 0 Å². The molecule has 2 aromatic heterocycles. The molecule has 9 heteroatoms. The Bertz CT molecular complexity index is 696. The number of thiazole rings is 1. The van der Waals surface area contributed by atoms with E-state index in [-0.39, 0.29) is 10.9 Å². The lowest BCUT2D eigenvalue weighted by Gasteiger charge is -2.34. The van der Waals surface area contributed by atoms with Crippen LogP contribution in [-0.4, -0.2) is 54.5 Å². The van der Waals surface area contributed by atoms with Crippen molar-refractivity contribution in [3.8, 4) is 0 Å². The lowest BCUT2D eigenvalue weighted by molar-refractivity contribution is -0.0148. The normalized spacial score (nSPS) is 20.7. The van der Waals surface area contributed by atoms with Gasteiger partial charge in [-0.2, -0.15) is 5.10 Å². The second-order valence-corrected chi connectivity index (χ2v) is 7.90. The van der Waals surface area contributed by atoms with Crippen molar-refractivity contribution in [2.24, 2.45) is 0 Å². The van der Waals surface area contributed by atoms with E-state index in [9.17, 15) is 8.42 Å². The van der Waals surface area contributed by atoms with E-state index in [0.717, 1.165) is 18.0 Å². The number of rotatable bonds is 4. The molecule has 0 aromatic carbocycles. The molecule has 2 aromatic rings. The van der Waals surface area contributed by atoms with Crippen molar-refractivity contribution in [1.29, 1.82) is 0 Å². The van der Waals surface area contributed by atoms with Crippen LogP contribution in [0, 0.1) is 0 Å². The summed E-state index contributed by atoms with van der Waals surface area (Å²) in [6.07, 6.45) is 4.39. The predicted octanol–water partition coefficient (Wildman–Crippen LogP) is 0.843. The minimum absolute atomic E-state index is 0.145. The number of H-pyrrole nitrogens is 1. The minimum Gasteiger partial charge on any atom is -0.378 e.